The molecule has 5 nitrogen and oxygen atoms in total. The van der Waals surface area contributed by atoms with Crippen molar-refractivity contribution in [3.8, 4) is 0 Å². The van der Waals surface area contributed by atoms with Crippen LogP contribution in [0.2, 0.25) is 0 Å². The van der Waals surface area contributed by atoms with Crippen LogP contribution < -0.4 is 10.9 Å². The quantitative estimate of drug-likeness (QED) is 0.677. The van der Waals surface area contributed by atoms with Crippen LogP contribution in [0.15, 0.2) is 59.4 Å². The van der Waals surface area contributed by atoms with E-state index in [0.29, 0.717) is 18.5 Å². The Morgan fingerprint density at radius 3 is 2.58 bits per heavy atom. The normalized spacial score (nSPS) is 12.4. The molecule has 1 N–H and O–H groups in total. The molecule has 0 saturated carbocycles. The van der Waals surface area contributed by atoms with Crippen LogP contribution in [0.25, 0.3) is 10.9 Å². The lowest BCUT2D eigenvalue weighted by Crippen LogP contribution is -2.33. The van der Waals surface area contributed by atoms with Gasteiger partial charge >= 0.3 is 0 Å². The molecular weight excluding hydrogens is 326 g/mol. The van der Waals surface area contributed by atoms with Gasteiger partial charge in [0.1, 0.15) is 5.82 Å². The highest BCUT2D eigenvalue weighted by Gasteiger charge is 2.18. The maximum atomic E-state index is 13.0. The first kappa shape index (κ1) is 18.3. The molecule has 1 atom stereocenters. The fraction of sp³-hybridized carbons (Fsp3) is 0.333. The van der Waals surface area contributed by atoms with E-state index in [-0.39, 0.29) is 11.6 Å². The van der Waals surface area contributed by atoms with Crippen LogP contribution in [0, 0.1) is 0 Å². The van der Waals surface area contributed by atoms with E-state index in [1.165, 1.54) is 5.56 Å². The van der Waals surface area contributed by atoms with Crippen LogP contribution in [0.1, 0.15) is 30.8 Å². The molecule has 3 aromatic rings. The third-order valence-corrected chi connectivity index (χ3v) is 4.53. The molecular formula is C21H25N3O2. The van der Waals surface area contributed by atoms with Gasteiger partial charge in [0.15, 0.2) is 0 Å². The Balaban J connectivity index is 1.98. The summed E-state index contributed by atoms with van der Waals surface area (Å²) in [5, 5.41) is 4.19. The topological polar surface area (TPSA) is 56.2 Å². The second-order valence-electron chi connectivity index (χ2n) is 6.26. The molecule has 1 heterocycles. The molecule has 0 bridgehead atoms. The van der Waals surface area contributed by atoms with E-state index in [1.807, 2.05) is 42.5 Å². The first-order chi connectivity index (χ1) is 12.7. The molecule has 0 unspecified atom stereocenters. The van der Waals surface area contributed by atoms with Gasteiger partial charge in [0.25, 0.3) is 5.56 Å². The van der Waals surface area contributed by atoms with Crippen LogP contribution in [-0.4, -0.2) is 23.3 Å². The van der Waals surface area contributed by atoms with Gasteiger partial charge in [-0.05, 0) is 24.1 Å². The molecule has 26 heavy (non-hydrogen) atoms. The van der Waals surface area contributed by atoms with Crippen LogP contribution in [0.3, 0.4) is 0 Å². The second-order valence-corrected chi connectivity index (χ2v) is 6.26. The molecule has 0 fully saturated rings. The zero-order valence-electron chi connectivity index (χ0n) is 15.3. The Labute approximate surface area is 153 Å². The van der Waals surface area contributed by atoms with Crippen molar-refractivity contribution in [1.29, 1.82) is 0 Å². The summed E-state index contributed by atoms with van der Waals surface area (Å²) >= 11 is 0. The zero-order chi connectivity index (χ0) is 18.4. The van der Waals surface area contributed by atoms with Crippen molar-refractivity contribution < 1.29 is 4.74 Å². The number of rotatable bonds is 8. The number of para-hydroxylation sites is 1. The fourth-order valence-corrected chi connectivity index (χ4v) is 3.10. The van der Waals surface area contributed by atoms with Crippen LogP contribution in [0.5, 0.6) is 0 Å². The molecule has 3 rings (SSSR count). The van der Waals surface area contributed by atoms with Crippen molar-refractivity contribution in [1.82, 2.24) is 14.9 Å². The number of nitrogens with one attached hydrogen (secondary N) is 1. The van der Waals surface area contributed by atoms with Gasteiger partial charge in [-0.25, -0.2) is 4.98 Å². The van der Waals surface area contributed by atoms with E-state index >= 15 is 0 Å². The first-order valence-electron chi connectivity index (χ1n) is 9.00. The Bertz CT molecular complexity index is 906. The van der Waals surface area contributed by atoms with E-state index < -0.39 is 0 Å². The molecule has 0 aliphatic rings. The van der Waals surface area contributed by atoms with E-state index in [0.717, 1.165) is 24.3 Å². The SMILES string of the molecule is CC[C@H](NCc1ccccc1)c1nc2ccccc2c(=O)n1CCOC. The van der Waals surface area contributed by atoms with Crippen molar-refractivity contribution in [3.05, 3.63) is 76.3 Å². The van der Waals surface area contributed by atoms with Gasteiger partial charge in [0.2, 0.25) is 0 Å². The van der Waals surface area contributed by atoms with Crippen molar-refractivity contribution in [2.75, 3.05) is 13.7 Å². The van der Waals surface area contributed by atoms with E-state index in [9.17, 15) is 4.79 Å². The van der Waals surface area contributed by atoms with Gasteiger partial charge in [0.05, 0.1) is 30.1 Å². The number of aromatic nitrogens is 2. The van der Waals surface area contributed by atoms with Gasteiger partial charge in [0, 0.05) is 13.7 Å². The number of hydrogen-bond donors (Lipinski definition) is 1. The highest BCUT2D eigenvalue weighted by Crippen LogP contribution is 2.17. The minimum atomic E-state index is -0.0115. The van der Waals surface area contributed by atoms with Gasteiger partial charge in [-0.2, -0.15) is 0 Å². The molecule has 136 valence electrons. The molecule has 0 spiro atoms. The van der Waals surface area contributed by atoms with Gasteiger partial charge in [-0.1, -0.05) is 49.4 Å². The third-order valence-electron chi connectivity index (χ3n) is 4.53. The lowest BCUT2D eigenvalue weighted by atomic mass is 10.1. The summed E-state index contributed by atoms with van der Waals surface area (Å²) in [4.78, 5) is 17.8. The lowest BCUT2D eigenvalue weighted by Gasteiger charge is -2.21. The summed E-state index contributed by atoms with van der Waals surface area (Å²) in [5.41, 5.74) is 1.93. The number of nitrogens with zero attached hydrogens (tertiary/aromatic N) is 2. The molecule has 0 radical (unpaired) electrons. The minimum absolute atomic E-state index is 0.00984. The smallest absolute Gasteiger partial charge is 0.261 e. The minimum Gasteiger partial charge on any atom is -0.383 e. The van der Waals surface area contributed by atoms with E-state index in [2.05, 4.69) is 24.4 Å². The van der Waals surface area contributed by atoms with Crippen LogP contribution >= 0.6 is 0 Å². The van der Waals surface area contributed by atoms with Gasteiger partial charge in [-0.15, -0.1) is 0 Å². The highest BCUT2D eigenvalue weighted by atomic mass is 16.5. The average molecular weight is 351 g/mol. The first-order valence-corrected chi connectivity index (χ1v) is 9.00. The largest absolute Gasteiger partial charge is 0.383 e. The summed E-state index contributed by atoms with van der Waals surface area (Å²) < 4.78 is 6.95. The van der Waals surface area contributed by atoms with E-state index in [4.69, 9.17) is 9.72 Å². The summed E-state index contributed by atoms with van der Waals surface area (Å²) in [5.74, 6) is 0.768. The molecule has 5 heteroatoms. The molecule has 1 aromatic heterocycles. The van der Waals surface area contributed by atoms with Crippen LogP contribution in [0.4, 0.5) is 0 Å². The Hall–Kier alpha value is -2.50. The molecule has 0 aliphatic carbocycles. The Morgan fingerprint density at radius 1 is 1.12 bits per heavy atom. The van der Waals surface area contributed by atoms with Gasteiger partial charge < -0.3 is 10.1 Å². The Morgan fingerprint density at radius 2 is 1.85 bits per heavy atom. The highest BCUT2D eigenvalue weighted by molar-refractivity contribution is 5.77. The number of hydrogen-bond acceptors (Lipinski definition) is 4. The average Bonchev–Trinajstić information content (AvgIpc) is 2.69. The fourth-order valence-electron chi connectivity index (χ4n) is 3.10. The summed E-state index contributed by atoms with van der Waals surface area (Å²) in [6, 6.07) is 17.7. The predicted molar refractivity (Wildman–Crippen MR) is 104 cm³/mol. The third kappa shape index (κ3) is 4.00. The standard InChI is InChI=1S/C21H25N3O2/c1-3-18(22-15-16-9-5-4-6-10-16)20-23-19-12-8-7-11-17(19)21(25)24(20)13-14-26-2/h4-12,18,22H,3,13-15H2,1-2H3/t18-/m0/s1. The molecule has 2 aromatic carbocycles. The Kier molecular flexibility index (Phi) is 6.15. The number of methoxy groups -OCH3 is 1. The van der Waals surface area contributed by atoms with Crippen molar-refractivity contribution >= 4 is 10.9 Å². The van der Waals surface area contributed by atoms with Crippen molar-refractivity contribution in [2.45, 2.75) is 32.5 Å². The van der Waals surface area contributed by atoms with Gasteiger partial charge in [-0.3, -0.25) is 9.36 Å². The van der Waals surface area contributed by atoms with E-state index in [1.54, 1.807) is 11.7 Å². The molecule has 0 amide bonds. The van der Waals surface area contributed by atoms with Crippen molar-refractivity contribution in [2.24, 2.45) is 0 Å². The summed E-state index contributed by atoms with van der Waals surface area (Å²) in [6.45, 7) is 3.80. The molecule has 0 aliphatic heterocycles. The number of fused-ring (bicyclic) bond motifs is 1. The second kappa shape index (κ2) is 8.74. The summed E-state index contributed by atoms with van der Waals surface area (Å²) in [6.07, 6.45) is 0.838. The molecule has 0 saturated heterocycles. The predicted octanol–water partition coefficient (Wildman–Crippen LogP) is 3.28. The number of ether oxygens (including phenoxy) is 1. The summed E-state index contributed by atoms with van der Waals surface area (Å²) in [7, 11) is 1.64. The monoisotopic (exact) mass is 351 g/mol. The maximum Gasteiger partial charge on any atom is 0.261 e. The maximum absolute atomic E-state index is 13.0. The number of benzene rings is 2. The van der Waals surface area contributed by atoms with Crippen LogP contribution in [-0.2, 0) is 17.8 Å². The zero-order valence-corrected chi connectivity index (χ0v) is 15.3. The lowest BCUT2D eigenvalue weighted by molar-refractivity contribution is 0.184. The van der Waals surface area contributed by atoms with Crippen molar-refractivity contribution in [3.63, 3.8) is 0 Å².